The van der Waals surface area contributed by atoms with E-state index in [1.165, 1.54) is 12.8 Å². The molecule has 1 saturated heterocycles. The Balaban J connectivity index is 1.78. The van der Waals surface area contributed by atoms with Crippen molar-refractivity contribution in [2.75, 3.05) is 6.54 Å². The van der Waals surface area contributed by atoms with Crippen molar-refractivity contribution in [2.45, 2.75) is 69.6 Å². The van der Waals surface area contributed by atoms with Gasteiger partial charge in [0.2, 0.25) is 5.91 Å². The summed E-state index contributed by atoms with van der Waals surface area (Å²) in [7, 11) is 0. The highest BCUT2D eigenvalue weighted by molar-refractivity contribution is 5.82. The topological polar surface area (TPSA) is 61.4 Å². The van der Waals surface area contributed by atoms with Crippen LogP contribution in [0.1, 0.15) is 51.4 Å². The van der Waals surface area contributed by atoms with Crippen LogP contribution < -0.4 is 10.6 Å². The zero-order valence-corrected chi connectivity index (χ0v) is 10.5. The molecule has 0 aromatic heterocycles. The smallest absolute Gasteiger partial charge is 0.237 e. The van der Waals surface area contributed by atoms with Crippen molar-refractivity contribution in [3.05, 3.63) is 0 Å². The van der Waals surface area contributed by atoms with Crippen LogP contribution in [0.5, 0.6) is 0 Å². The van der Waals surface area contributed by atoms with Crippen molar-refractivity contribution in [3.63, 3.8) is 0 Å². The Hall–Kier alpha value is -0.610. The van der Waals surface area contributed by atoms with E-state index in [-0.39, 0.29) is 24.1 Å². The molecule has 0 aromatic rings. The van der Waals surface area contributed by atoms with Crippen molar-refractivity contribution in [1.82, 2.24) is 10.6 Å². The van der Waals surface area contributed by atoms with Crippen LogP contribution in [0.15, 0.2) is 0 Å². The molecular formula is C13H24N2O2. The highest BCUT2D eigenvalue weighted by atomic mass is 16.3. The fraction of sp³-hybridized carbons (Fsp3) is 0.923. The molecule has 2 aliphatic rings. The van der Waals surface area contributed by atoms with E-state index in [0.29, 0.717) is 0 Å². The minimum atomic E-state index is -0.226. The van der Waals surface area contributed by atoms with Gasteiger partial charge < -0.3 is 15.7 Å². The molecule has 3 N–H and O–H groups in total. The van der Waals surface area contributed by atoms with E-state index >= 15 is 0 Å². The lowest BCUT2D eigenvalue weighted by atomic mass is 9.92. The van der Waals surface area contributed by atoms with Gasteiger partial charge in [0.1, 0.15) is 0 Å². The molecule has 1 aliphatic heterocycles. The summed E-state index contributed by atoms with van der Waals surface area (Å²) in [5.74, 6) is 0.131. The summed E-state index contributed by atoms with van der Waals surface area (Å²) in [5.41, 5.74) is 0. The van der Waals surface area contributed by atoms with Crippen LogP contribution in [0.3, 0.4) is 0 Å². The number of aliphatic hydroxyl groups is 1. The Morgan fingerprint density at radius 3 is 2.82 bits per heavy atom. The quantitative estimate of drug-likeness (QED) is 0.673. The largest absolute Gasteiger partial charge is 0.393 e. The maximum absolute atomic E-state index is 12.1. The molecule has 17 heavy (non-hydrogen) atoms. The Morgan fingerprint density at radius 2 is 2.00 bits per heavy atom. The average Bonchev–Trinajstić information content (AvgIpc) is 2.57. The first-order valence-electron chi connectivity index (χ1n) is 6.97. The minimum Gasteiger partial charge on any atom is -0.393 e. The van der Waals surface area contributed by atoms with Gasteiger partial charge in [-0.25, -0.2) is 0 Å². The van der Waals surface area contributed by atoms with Crippen molar-refractivity contribution in [3.8, 4) is 0 Å². The molecule has 1 aliphatic carbocycles. The molecular weight excluding hydrogens is 216 g/mol. The number of aliphatic hydroxyl groups excluding tert-OH is 1. The van der Waals surface area contributed by atoms with Crippen molar-refractivity contribution in [1.29, 1.82) is 0 Å². The van der Waals surface area contributed by atoms with Crippen LogP contribution >= 0.6 is 0 Å². The zero-order valence-electron chi connectivity index (χ0n) is 10.5. The molecule has 4 nitrogen and oxygen atoms in total. The van der Waals surface area contributed by atoms with Gasteiger partial charge in [0.15, 0.2) is 0 Å². The molecule has 4 heteroatoms. The van der Waals surface area contributed by atoms with Crippen LogP contribution in [-0.2, 0) is 4.79 Å². The lowest BCUT2D eigenvalue weighted by Gasteiger charge is -2.28. The molecule has 1 amide bonds. The Labute approximate surface area is 103 Å². The van der Waals surface area contributed by atoms with E-state index < -0.39 is 0 Å². The Kier molecular flexibility index (Phi) is 4.80. The first-order chi connectivity index (χ1) is 8.25. The van der Waals surface area contributed by atoms with Crippen molar-refractivity contribution in [2.24, 2.45) is 0 Å². The molecule has 3 atom stereocenters. The molecule has 2 fully saturated rings. The highest BCUT2D eigenvalue weighted by Crippen LogP contribution is 2.18. The molecule has 3 unspecified atom stereocenters. The maximum atomic E-state index is 12.1. The normalized spacial score (nSPS) is 35.0. The van der Waals surface area contributed by atoms with Crippen LogP contribution in [-0.4, -0.2) is 35.7 Å². The summed E-state index contributed by atoms with van der Waals surface area (Å²) in [6.45, 7) is 0.950. The van der Waals surface area contributed by atoms with Crippen LogP contribution in [0.2, 0.25) is 0 Å². The molecule has 0 bridgehead atoms. The number of nitrogens with one attached hydrogen (secondary N) is 2. The summed E-state index contributed by atoms with van der Waals surface area (Å²) in [6, 6.07) is 0.160. The van der Waals surface area contributed by atoms with E-state index in [1.54, 1.807) is 0 Å². The number of hydrogen-bond acceptors (Lipinski definition) is 3. The third-order valence-corrected chi connectivity index (χ3v) is 3.87. The maximum Gasteiger partial charge on any atom is 0.237 e. The first kappa shape index (κ1) is 12.8. The third-order valence-electron chi connectivity index (χ3n) is 3.87. The lowest BCUT2D eigenvalue weighted by molar-refractivity contribution is -0.124. The van der Waals surface area contributed by atoms with Gasteiger partial charge in [-0.15, -0.1) is 0 Å². The molecule has 0 aromatic carbocycles. The van der Waals surface area contributed by atoms with Crippen LogP contribution in [0.25, 0.3) is 0 Å². The number of hydrogen-bond donors (Lipinski definition) is 3. The summed E-state index contributed by atoms with van der Waals surface area (Å²) in [4.78, 5) is 12.1. The Bertz CT molecular complexity index is 250. The van der Waals surface area contributed by atoms with Gasteiger partial charge in [-0.05, 0) is 45.1 Å². The van der Waals surface area contributed by atoms with E-state index in [1.807, 2.05) is 0 Å². The lowest BCUT2D eigenvalue weighted by Crippen LogP contribution is -2.49. The Morgan fingerprint density at radius 1 is 1.12 bits per heavy atom. The van der Waals surface area contributed by atoms with E-state index in [0.717, 1.165) is 45.1 Å². The average molecular weight is 240 g/mol. The molecule has 2 rings (SSSR count). The number of amides is 1. The number of carbonyl (C=O) groups is 1. The van der Waals surface area contributed by atoms with Gasteiger partial charge in [0, 0.05) is 6.04 Å². The summed E-state index contributed by atoms with van der Waals surface area (Å²) < 4.78 is 0. The fourth-order valence-electron chi connectivity index (χ4n) is 2.85. The van der Waals surface area contributed by atoms with Crippen LogP contribution in [0, 0.1) is 0 Å². The van der Waals surface area contributed by atoms with Crippen molar-refractivity contribution < 1.29 is 9.90 Å². The standard InChI is InChI=1S/C13H24N2O2/c16-11-6-4-5-10(9-11)15-13(17)12-7-2-1-3-8-14-12/h10-12,14,16H,1-9H2,(H,15,17). The van der Waals surface area contributed by atoms with Gasteiger partial charge in [0.05, 0.1) is 12.1 Å². The van der Waals surface area contributed by atoms with Crippen LogP contribution in [0.4, 0.5) is 0 Å². The summed E-state index contributed by atoms with van der Waals surface area (Å²) in [6.07, 6.45) is 7.88. The number of carbonyl (C=O) groups excluding carboxylic acids is 1. The van der Waals surface area contributed by atoms with Gasteiger partial charge in [-0.1, -0.05) is 12.8 Å². The van der Waals surface area contributed by atoms with Crippen molar-refractivity contribution >= 4 is 5.91 Å². The second kappa shape index (κ2) is 6.36. The molecule has 0 radical (unpaired) electrons. The highest BCUT2D eigenvalue weighted by Gasteiger charge is 2.25. The predicted octanol–water partition coefficient (Wildman–Crippen LogP) is 0.938. The summed E-state index contributed by atoms with van der Waals surface area (Å²) in [5, 5.41) is 16.0. The first-order valence-corrected chi connectivity index (χ1v) is 6.97. The fourth-order valence-corrected chi connectivity index (χ4v) is 2.85. The SMILES string of the molecule is O=C(NC1CCCC(O)C1)C1CCCCCN1. The second-order valence-electron chi connectivity index (χ2n) is 5.38. The monoisotopic (exact) mass is 240 g/mol. The predicted molar refractivity (Wildman–Crippen MR) is 66.7 cm³/mol. The zero-order chi connectivity index (χ0) is 12.1. The minimum absolute atomic E-state index is 0.0171. The molecule has 98 valence electrons. The van der Waals surface area contributed by atoms with Gasteiger partial charge in [-0.2, -0.15) is 0 Å². The van der Waals surface area contributed by atoms with E-state index in [9.17, 15) is 9.90 Å². The van der Waals surface area contributed by atoms with E-state index in [2.05, 4.69) is 10.6 Å². The van der Waals surface area contributed by atoms with Gasteiger partial charge in [0.25, 0.3) is 0 Å². The third kappa shape index (κ3) is 3.96. The van der Waals surface area contributed by atoms with Gasteiger partial charge >= 0.3 is 0 Å². The molecule has 1 saturated carbocycles. The van der Waals surface area contributed by atoms with Gasteiger partial charge in [-0.3, -0.25) is 4.79 Å². The molecule has 1 heterocycles. The van der Waals surface area contributed by atoms with E-state index in [4.69, 9.17) is 0 Å². The number of rotatable bonds is 2. The summed E-state index contributed by atoms with van der Waals surface area (Å²) >= 11 is 0. The second-order valence-corrected chi connectivity index (χ2v) is 5.38. The molecule has 0 spiro atoms.